The molecule has 2 aliphatic rings. The summed E-state index contributed by atoms with van der Waals surface area (Å²) in [7, 11) is 0. The quantitative estimate of drug-likeness (QED) is 0.203. The van der Waals surface area contributed by atoms with Crippen molar-refractivity contribution in [3.05, 3.63) is 69.3 Å². The van der Waals surface area contributed by atoms with Crippen LogP contribution in [0.2, 0.25) is 0 Å². The molecule has 212 valence electrons. The molecule has 0 aromatic carbocycles. The molecule has 0 saturated carbocycles. The van der Waals surface area contributed by atoms with E-state index < -0.39 is 0 Å². The molecule has 39 heavy (non-hydrogen) atoms. The van der Waals surface area contributed by atoms with Gasteiger partial charge in [0.2, 0.25) is 0 Å². The molecule has 2 atom stereocenters. The number of carbonyl (C=O) groups excluding carboxylic acids is 2. The van der Waals surface area contributed by atoms with Crippen LogP contribution in [0.15, 0.2) is 35.4 Å². The lowest BCUT2D eigenvalue weighted by Gasteiger charge is -2.21. The minimum atomic E-state index is 0.211. The molecule has 2 unspecified atom stereocenters. The predicted octanol–water partition coefficient (Wildman–Crippen LogP) is 8.51. The monoisotopic (exact) mass is 532 g/mol. The molecule has 4 rings (SSSR count). The summed E-state index contributed by atoms with van der Waals surface area (Å²) in [4.78, 5) is 26.3. The zero-order valence-electron chi connectivity index (χ0n) is 25.1. The molecule has 5 nitrogen and oxygen atoms in total. The molecule has 0 N–H and O–H groups in total. The number of allylic oxidation sites excluding steroid dienone is 4. The Morgan fingerprint density at radius 1 is 0.718 bits per heavy atom. The van der Waals surface area contributed by atoms with Crippen LogP contribution in [0.1, 0.15) is 134 Å². The first-order valence-electron chi connectivity index (χ1n) is 15.1. The summed E-state index contributed by atoms with van der Waals surface area (Å²) in [6, 6.07) is 4.66. The summed E-state index contributed by atoms with van der Waals surface area (Å²) in [5.74, 6) is 0.421. The van der Waals surface area contributed by atoms with Crippen molar-refractivity contribution in [3.8, 4) is 0 Å². The first-order chi connectivity index (χ1) is 18.7. The predicted molar refractivity (Wildman–Crippen MR) is 159 cm³/mol. The number of carbonyl (C=O) groups is 2. The summed E-state index contributed by atoms with van der Waals surface area (Å²) in [6.45, 7) is 14.2. The Morgan fingerprint density at radius 3 is 1.49 bits per heavy atom. The second-order valence-electron chi connectivity index (χ2n) is 11.8. The largest absolute Gasteiger partial charge is 0.381 e. The molecule has 0 radical (unpaired) electrons. The minimum absolute atomic E-state index is 0.211. The summed E-state index contributed by atoms with van der Waals surface area (Å²) < 4.78 is 10.7. The van der Waals surface area contributed by atoms with Crippen LogP contribution in [-0.2, 0) is 4.74 Å². The maximum atomic E-state index is 13.1. The van der Waals surface area contributed by atoms with Crippen molar-refractivity contribution >= 4 is 11.6 Å². The molecule has 0 spiro atoms. The van der Waals surface area contributed by atoms with Crippen LogP contribution in [-0.4, -0.2) is 33.9 Å². The molecule has 0 saturated heterocycles. The Morgan fingerprint density at radius 2 is 1.13 bits per heavy atom. The molecule has 2 heterocycles. The highest BCUT2D eigenvalue weighted by Gasteiger charge is 2.23. The van der Waals surface area contributed by atoms with E-state index in [2.05, 4.69) is 75.0 Å². The molecular formula is C34H48N2O3. The van der Waals surface area contributed by atoms with Gasteiger partial charge >= 0.3 is 0 Å². The molecule has 0 bridgehead atoms. The van der Waals surface area contributed by atoms with Gasteiger partial charge in [-0.25, -0.2) is 0 Å². The van der Waals surface area contributed by atoms with Crippen molar-refractivity contribution in [2.24, 2.45) is 0 Å². The fourth-order valence-corrected chi connectivity index (χ4v) is 6.67. The van der Waals surface area contributed by atoms with Crippen LogP contribution < -0.4 is 0 Å². The fraction of sp³-hybridized carbons (Fsp3) is 0.588. The number of Topliss-reactive ketones (excluding diaryl/α,β-unsaturated/α-hetero) is 2. The van der Waals surface area contributed by atoms with Gasteiger partial charge in [0.15, 0.2) is 11.6 Å². The van der Waals surface area contributed by atoms with Crippen LogP contribution in [0, 0.1) is 27.7 Å². The van der Waals surface area contributed by atoms with E-state index in [1.165, 1.54) is 12.8 Å². The van der Waals surface area contributed by atoms with Crippen molar-refractivity contribution in [2.75, 3.05) is 13.2 Å². The van der Waals surface area contributed by atoms with Crippen LogP contribution >= 0.6 is 0 Å². The summed E-state index contributed by atoms with van der Waals surface area (Å²) in [5, 5.41) is 0. The van der Waals surface area contributed by atoms with Crippen molar-refractivity contribution in [2.45, 2.75) is 118 Å². The van der Waals surface area contributed by atoms with E-state index >= 15 is 0 Å². The average Bonchev–Trinajstić information content (AvgIpc) is 3.41. The summed E-state index contributed by atoms with van der Waals surface area (Å²) in [5.41, 5.74) is 8.11. The smallest absolute Gasteiger partial charge is 0.190 e. The Balaban J connectivity index is 1.29. The third kappa shape index (κ3) is 6.57. The maximum Gasteiger partial charge on any atom is 0.190 e. The van der Waals surface area contributed by atoms with Gasteiger partial charge in [-0.3, -0.25) is 9.59 Å². The lowest BCUT2D eigenvalue weighted by atomic mass is 9.93. The lowest BCUT2D eigenvalue weighted by Crippen LogP contribution is -2.15. The lowest BCUT2D eigenvalue weighted by molar-refractivity contribution is 0.102. The molecule has 2 aromatic heterocycles. The zero-order chi connectivity index (χ0) is 28.1. The Hall–Kier alpha value is -2.66. The fourth-order valence-electron chi connectivity index (χ4n) is 6.67. The number of aryl methyl sites for hydroxylation is 2. The second-order valence-corrected chi connectivity index (χ2v) is 11.8. The Bertz CT molecular complexity index is 1160. The summed E-state index contributed by atoms with van der Waals surface area (Å²) >= 11 is 0. The van der Waals surface area contributed by atoms with E-state index in [4.69, 9.17) is 4.74 Å². The van der Waals surface area contributed by atoms with Crippen molar-refractivity contribution in [1.82, 2.24) is 9.13 Å². The average molecular weight is 533 g/mol. The second kappa shape index (κ2) is 13.1. The van der Waals surface area contributed by atoms with Gasteiger partial charge in [-0.05, 0) is 129 Å². The normalized spacial score (nSPS) is 17.5. The molecule has 2 aromatic rings. The highest BCUT2D eigenvalue weighted by Crippen LogP contribution is 2.29. The van der Waals surface area contributed by atoms with Crippen molar-refractivity contribution in [1.29, 1.82) is 0 Å². The number of hydrogen-bond acceptors (Lipinski definition) is 3. The standard InChI is InChI=1S/C34H48N2O3/c1-23(35-25(3)21-31(27(35)5)33(37)29-13-9-7-10-14-29)17-19-39-20-18-24(2)36-26(4)22-32(28(36)6)34(38)30-15-11-8-12-16-30/h13,15,21-24H,7-12,14,16-20H2,1-6H3. The van der Waals surface area contributed by atoms with Crippen LogP contribution in [0.25, 0.3) is 0 Å². The highest BCUT2D eigenvalue weighted by molar-refractivity contribution is 6.10. The number of nitrogens with zero attached hydrogens (tertiary/aromatic N) is 2. The maximum absolute atomic E-state index is 13.1. The molecular weight excluding hydrogens is 484 g/mol. The van der Waals surface area contributed by atoms with Crippen LogP contribution in [0.3, 0.4) is 0 Å². The van der Waals surface area contributed by atoms with Gasteiger partial charge in [-0.15, -0.1) is 0 Å². The molecule has 0 amide bonds. The Labute approximate surface area is 235 Å². The topological polar surface area (TPSA) is 53.2 Å². The van der Waals surface area contributed by atoms with E-state index in [1.807, 2.05) is 0 Å². The van der Waals surface area contributed by atoms with Gasteiger partial charge < -0.3 is 13.9 Å². The molecule has 0 fully saturated rings. The van der Waals surface area contributed by atoms with E-state index in [9.17, 15) is 9.59 Å². The van der Waals surface area contributed by atoms with Crippen molar-refractivity contribution in [3.63, 3.8) is 0 Å². The SMILES string of the molecule is Cc1cc(C(=O)C2=CCCCC2)c(C)n1C(C)CCOCCC(C)n1c(C)cc(C(=O)C2=CCCCC2)c1C. The van der Waals surface area contributed by atoms with Crippen LogP contribution in [0.4, 0.5) is 0 Å². The molecule has 5 heteroatoms. The minimum Gasteiger partial charge on any atom is -0.381 e. The highest BCUT2D eigenvalue weighted by atomic mass is 16.5. The van der Waals surface area contributed by atoms with E-state index in [0.29, 0.717) is 13.2 Å². The van der Waals surface area contributed by atoms with Gasteiger partial charge in [-0.2, -0.15) is 0 Å². The van der Waals surface area contributed by atoms with Gasteiger partial charge in [0.05, 0.1) is 0 Å². The molecule has 2 aliphatic carbocycles. The number of aromatic nitrogens is 2. The van der Waals surface area contributed by atoms with E-state index in [1.54, 1.807) is 0 Å². The number of ether oxygens (including phenoxy) is 1. The van der Waals surface area contributed by atoms with E-state index in [-0.39, 0.29) is 23.7 Å². The zero-order valence-corrected chi connectivity index (χ0v) is 25.1. The first-order valence-corrected chi connectivity index (χ1v) is 15.1. The Kier molecular flexibility index (Phi) is 9.87. The van der Waals surface area contributed by atoms with Gasteiger partial charge in [0.1, 0.15) is 0 Å². The third-order valence-corrected chi connectivity index (χ3v) is 8.86. The molecule has 0 aliphatic heterocycles. The summed E-state index contributed by atoms with van der Waals surface area (Å²) in [6.07, 6.45) is 14.5. The van der Waals surface area contributed by atoms with Gasteiger partial charge in [0.25, 0.3) is 0 Å². The third-order valence-electron chi connectivity index (χ3n) is 8.86. The number of hydrogen-bond donors (Lipinski definition) is 0. The van der Waals surface area contributed by atoms with E-state index in [0.717, 1.165) is 96.4 Å². The van der Waals surface area contributed by atoms with Gasteiger partial charge in [-0.1, -0.05) is 12.2 Å². The number of rotatable bonds is 12. The van der Waals surface area contributed by atoms with Gasteiger partial charge in [0, 0.05) is 59.2 Å². The first kappa shape index (κ1) is 29.3. The van der Waals surface area contributed by atoms with Crippen LogP contribution in [0.5, 0.6) is 0 Å². The number of ketones is 2. The van der Waals surface area contributed by atoms with Crippen molar-refractivity contribution < 1.29 is 14.3 Å².